The van der Waals surface area contributed by atoms with Crippen molar-refractivity contribution in [2.24, 2.45) is 0 Å². The van der Waals surface area contributed by atoms with Crippen LogP contribution in [0.15, 0.2) is 24.5 Å². The van der Waals surface area contributed by atoms with Gasteiger partial charge >= 0.3 is 5.97 Å². The second-order valence-electron chi connectivity index (χ2n) is 3.67. The van der Waals surface area contributed by atoms with E-state index < -0.39 is 12.0 Å². The van der Waals surface area contributed by atoms with E-state index in [1.165, 1.54) is 7.11 Å². The molecule has 1 aromatic rings. The first kappa shape index (κ1) is 13.2. The number of carbonyl (C=O) groups excluding carboxylic acids is 2. The van der Waals surface area contributed by atoms with E-state index in [0.29, 0.717) is 12.8 Å². The van der Waals surface area contributed by atoms with Gasteiger partial charge in [0.05, 0.1) is 7.11 Å². The zero-order chi connectivity index (χ0) is 12.7. The Morgan fingerprint density at radius 1 is 1.53 bits per heavy atom. The van der Waals surface area contributed by atoms with Crippen LogP contribution in [0.3, 0.4) is 0 Å². The number of esters is 1. The van der Waals surface area contributed by atoms with Gasteiger partial charge < -0.3 is 10.1 Å². The Hall–Kier alpha value is -1.91. The number of pyridine rings is 1. The third-order valence-electron chi connectivity index (χ3n) is 2.30. The van der Waals surface area contributed by atoms with Crippen molar-refractivity contribution in [2.75, 3.05) is 7.11 Å². The fraction of sp³-hybridized carbons (Fsp3) is 0.417. The van der Waals surface area contributed by atoms with Crippen molar-refractivity contribution in [3.8, 4) is 0 Å². The van der Waals surface area contributed by atoms with Crippen molar-refractivity contribution >= 4 is 11.9 Å². The first-order chi connectivity index (χ1) is 8.13. The molecule has 0 aliphatic heterocycles. The molecular weight excluding hydrogens is 220 g/mol. The van der Waals surface area contributed by atoms with Gasteiger partial charge in [-0.25, -0.2) is 4.79 Å². The van der Waals surface area contributed by atoms with E-state index in [4.69, 9.17) is 0 Å². The molecule has 1 atom stereocenters. The molecule has 5 nitrogen and oxygen atoms in total. The summed E-state index contributed by atoms with van der Waals surface area (Å²) in [6, 6.07) is 3.12. The van der Waals surface area contributed by atoms with Gasteiger partial charge in [0.15, 0.2) is 0 Å². The summed E-state index contributed by atoms with van der Waals surface area (Å²) in [5.74, 6) is -0.619. The largest absolute Gasteiger partial charge is 0.467 e. The Labute approximate surface area is 100 Å². The summed E-state index contributed by atoms with van der Waals surface area (Å²) in [7, 11) is 1.29. The number of rotatable bonds is 5. The summed E-state index contributed by atoms with van der Waals surface area (Å²) in [5.41, 5.74) is 0.994. The lowest BCUT2D eigenvalue weighted by molar-refractivity contribution is -0.144. The van der Waals surface area contributed by atoms with Crippen LogP contribution in [0.5, 0.6) is 0 Å². The number of aryl methyl sites for hydroxylation is 1. The number of aromatic nitrogens is 1. The van der Waals surface area contributed by atoms with Crippen molar-refractivity contribution in [3.05, 3.63) is 30.1 Å². The van der Waals surface area contributed by atoms with Gasteiger partial charge in [0.25, 0.3) is 0 Å². The first-order valence-electron chi connectivity index (χ1n) is 5.39. The molecule has 0 saturated carbocycles. The van der Waals surface area contributed by atoms with Crippen molar-refractivity contribution in [3.63, 3.8) is 0 Å². The third kappa shape index (κ3) is 4.63. The maximum absolute atomic E-state index is 11.5. The lowest BCUT2D eigenvalue weighted by atomic mass is 10.1. The van der Waals surface area contributed by atoms with Gasteiger partial charge in [-0.3, -0.25) is 9.78 Å². The molecule has 0 aliphatic carbocycles. The molecular formula is C12H16N2O3. The Bertz CT molecular complexity index is 379. The second kappa shape index (κ2) is 6.62. The average molecular weight is 236 g/mol. The minimum absolute atomic E-state index is 0.174. The highest BCUT2D eigenvalue weighted by molar-refractivity contribution is 5.84. The molecule has 0 bridgehead atoms. The molecule has 92 valence electrons. The molecule has 17 heavy (non-hydrogen) atoms. The van der Waals surface area contributed by atoms with E-state index in [-0.39, 0.29) is 5.91 Å². The highest BCUT2D eigenvalue weighted by atomic mass is 16.5. The maximum atomic E-state index is 11.5. The standard InChI is InChI=1S/C12H16N2O3/c1-9(12(16)17-2)14-11(15)6-5-10-4-3-7-13-8-10/h3-4,7-9H,5-6H2,1-2H3,(H,14,15). The summed E-state index contributed by atoms with van der Waals surface area (Å²) >= 11 is 0. The van der Waals surface area contributed by atoms with Gasteiger partial charge in [0.2, 0.25) is 5.91 Å². The molecule has 0 saturated heterocycles. The number of carbonyl (C=O) groups is 2. The minimum atomic E-state index is -0.610. The van der Waals surface area contributed by atoms with Crippen molar-refractivity contribution < 1.29 is 14.3 Å². The van der Waals surface area contributed by atoms with Crippen LogP contribution in [0.25, 0.3) is 0 Å². The molecule has 1 heterocycles. The summed E-state index contributed by atoms with van der Waals surface area (Å²) < 4.78 is 4.51. The van der Waals surface area contributed by atoms with Crippen molar-refractivity contribution in [1.29, 1.82) is 0 Å². The monoisotopic (exact) mass is 236 g/mol. The lowest BCUT2D eigenvalue weighted by Crippen LogP contribution is -2.39. The highest BCUT2D eigenvalue weighted by Crippen LogP contribution is 2.00. The first-order valence-corrected chi connectivity index (χ1v) is 5.39. The predicted molar refractivity (Wildman–Crippen MR) is 62.2 cm³/mol. The third-order valence-corrected chi connectivity index (χ3v) is 2.30. The van der Waals surface area contributed by atoms with E-state index in [2.05, 4.69) is 15.0 Å². The van der Waals surface area contributed by atoms with E-state index in [1.807, 2.05) is 12.1 Å². The van der Waals surface area contributed by atoms with Gasteiger partial charge in [-0.1, -0.05) is 6.07 Å². The van der Waals surface area contributed by atoms with Crippen LogP contribution < -0.4 is 5.32 Å². The van der Waals surface area contributed by atoms with Crippen LogP contribution in [-0.4, -0.2) is 30.0 Å². The minimum Gasteiger partial charge on any atom is -0.467 e. The molecule has 1 rings (SSSR count). The zero-order valence-corrected chi connectivity index (χ0v) is 9.97. The normalized spacial score (nSPS) is 11.6. The summed E-state index contributed by atoms with van der Waals surface area (Å²) in [5, 5.41) is 2.57. The van der Waals surface area contributed by atoms with E-state index in [1.54, 1.807) is 19.3 Å². The van der Waals surface area contributed by atoms with Gasteiger partial charge in [-0.2, -0.15) is 0 Å². The van der Waals surface area contributed by atoms with Crippen LogP contribution in [0, 0.1) is 0 Å². The Morgan fingerprint density at radius 3 is 2.88 bits per heavy atom. The molecule has 0 radical (unpaired) electrons. The van der Waals surface area contributed by atoms with Crippen LogP contribution in [0.4, 0.5) is 0 Å². The Balaban J connectivity index is 2.33. The molecule has 5 heteroatoms. The van der Waals surface area contributed by atoms with Crippen molar-refractivity contribution in [2.45, 2.75) is 25.8 Å². The van der Waals surface area contributed by atoms with Crippen LogP contribution in [-0.2, 0) is 20.7 Å². The molecule has 0 aromatic carbocycles. The molecule has 1 unspecified atom stereocenters. The van der Waals surface area contributed by atoms with E-state index in [9.17, 15) is 9.59 Å². The molecule has 1 N–H and O–H groups in total. The number of ether oxygens (including phenoxy) is 1. The lowest BCUT2D eigenvalue weighted by Gasteiger charge is -2.11. The van der Waals surface area contributed by atoms with E-state index >= 15 is 0 Å². The summed E-state index contributed by atoms with van der Waals surface area (Å²) in [6.07, 6.45) is 4.33. The molecule has 0 spiro atoms. The van der Waals surface area contributed by atoms with Gasteiger partial charge in [-0.15, -0.1) is 0 Å². The average Bonchev–Trinajstić information content (AvgIpc) is 2.36. The number of hydrogen-bond acceptors (Lipinski definition) is 4. The molecule has 1 aromatic heterocycles. The van der Waals surface area contributed by atoms with E-state index in [0.717, 1.165) is 5.56 Å². The Kier molecular flexibility index (Phi) is 5.13. The number of hydrogen-bond donors (Lipinski definition) is 1. The summed E-state index contributed by atoms with van der Waals surface area (Å²) in [4.78, 5) is 26.5. The number of methoxy groups -OCH3 is 1. The SMILES string of the molecule is COC(=O)C(C)NC(=O)CCc1cccnc1. The second-order valence-corrected chi connectivity index (χ2v) is 3.67. The number of nitrogens with one attached hydrogen (secondary N) is 1. The highest BCUT2D eigenvalue weighted by Gasteiger charge is 2.15. The smallest absolute Gasteiger partial charge is 0.328 e. The molecule has 0 aliphatic rings. The molecule has 1 amide bonds. The van der Waals surface area contributed by atoms with Gasteiger partial charge in [-0.05, 0) is 25.0 Å². The number of amides is 1. The fourth-order valence-corrected chi connectivity index (χ4v) is 1.35. The predicted octanol–water partition coefficient (Wildman–Crippen LogP) is 0.692. The zero-order valence-electron chi connectivity index (χ0n) is 9.97. The Morgan fingerprint density at radius 2 is 2.29 bits per heavy atom. The van der Waals surface area contributed by atoms with Crippen molar-refractivity contribution in [1.82, 2.24) is 10.3 Å². The summed E-state index contributed by atoms with van der Waals surface area (Å²) in [6.45, 7) is 1.59. The molecule has 0 fully saturated rings. The van der Waals surface area contributed by atoms with Gasteiger partial charge in [0, 0.05) is 18.8 Å². The van der Waals surface area contributed by atoms with Crippen LogP contribution >= 0.6 is 0 Å². The fourth-order valence-electron chi connectivity index (χ4n) is 1.35. The van der Waals surface area contributed by atoms with Crippen LogP contribution in [0.1, 0.15) is 18.9 Å². The van der Waals surface area contributed by atoms with Crippen LogP contribution in [0.2, 0.25) is 0 Å². The quantitative estimate of drug-likeness (QED) is 0.764. The topological polar surface area (TPSA) is 68.3 Å². The van der Waals surface area contributed by atoms with Gasteiger partial charge in [0.1, 0.15) is 6.04 Å². The maximum Gasteiger partial charge on any atom is 0.328 e. The number of nitrogens with zero attached hydrogens (tertiary/aromatic N) is 1.